The molecule has 0 amide bonds. The number of hydrogen-bond donors (Lipinski definition) is 0. The third-order valence-electron chi connectivity index (χ3n) is 4.87. The van der Waals surface area contributed by atoms with Crippen molar-refractivity contribution in [1.29, 1.82) is 0 Å². The van der Waals surface area contributed by atoms with Gasteiger partial charge < -0.3 is 4.74 Å². The van der Waals surface area contributed by atoms with Gasteiger partial charge in [-0.05, 0) is 50.0 Å². The molecule has 0 radical (unpaired) electrons. The van der Waals surface area contributed by atoms with Gasteiger partial charge in [0.25, 0.3) is 0 Å². The topological polar surface area (TPSA) is 26.3 Å². The predicted octanol–water partition coefficient (Wildman–Crippen LogP) is 6.03. The quantitative estimate of drug-likeness (QED) is 0.468. The molecule has 22 heavy (non-hydrogen) atoms. The van der Waals surface area contributed by atoms with Crippen LogP contribution in [0.1, 0.15) is 78.6 Å². The van der Waals surface area contributed by atoms with E-state index in [0.717, 1.165) is 36.4 Å². The molecule has 0 N–H and O–H groups in total. The average molecular weight is 306 g/mol. The monoisotopic (exact) mass is 306 g/mol. The van der Waals surface area contributed by atoms with Crippen LogP contribution in [0.25, 0.3) is 0 Å². The second-order valence-corrected chi connectivity index (χ2v) is 7.02. The van der Waals surface area contributed by atoms with Gasteiger partial charge in [-0.15, -0.1) is 6.58 Å². The van der Waals surface area contributed by atoms with Crippen LogP contribution in [0, 0.1) is 17.8 Å². The van der Waals surface area contributed by atoms with E-state index in [1.807, 2.05) is 6.92 Å². The predicted molar refractivity (Wildman–Crippen MR) is 93.4 cm³/mol. The minimum absolute atomic E-state index is 0.180. The first kappa shape index (κ1) is 19.0. The molecule has 2 heteroatoms. The summed E-state index contributed by atoms with van der Waals surface area (Å²) in [6.07, 6.45) is 15.7. The van der Waals surface area contributed by atoms with Crippen LogP contribution in [-0.4, -0.2) is 5.97 Å². The lowest BCUT2D eigenvalue weighted by Gasteiger charge is -2.28. The summed E-state index contributed by atoms with van der Waals surface area (Å²) in [4.78, 5) is 10.9. The van der Waals surface area contributed by atoms with Gasteiger partial charge in [-0.25, -0.2) is 0 Å². The Bertz CT molecular complexity index is 362. The molecule has 1 saturated carbocycles. The molecule has 1 fully saturated rings. The van der Waals surface area contributed by atoms with Gasteiger partial charge in [0, 0.05) is 13.3 Å². The van der Waals surface area contributed by atoms with E-state index < -0.39 is 0 Å². The lowest BCUT2D eigenvalue weighted by atomic mass is 9.78. The van der Waals surface area contributed by atoms with Crippen LogP contribution in [0.3, 0.4) is 0 Å². The van der Waals surface area contributed by atoms with Crippen LogP contribution in [-0.2, 0) is 9.53 Å². The van der Waals surface area contributed by atoms with Crippen molar-refractivity contribution in [2.45, 2.75) is 78.6 Å². The molecule has 2 aliphatic carbocycles. The van der Waals surface area contributed by atoms with Gasteiger partial charge in [-0.3, -0.25) is 4.79 Å². The number of rotatable bonds is 4. The Kier molecular flexibility index (Phi) is 9.19. The minimum atomic E-state index is -0.180. The first-order valence-electron chi connectivity index (χ1n) is 8.99. The van der Waals surface area contributed by atoms with Crippen LogP contribution in [0.15, 0.2) is 24.5 Å². The van der Waals surface area contributed by atoms with Crippen molar-refractivity contribution in [1.82, 2.24) is 0 Å². The molecule has 0 aromatic carbocycles. The Hall–Kier alpha value is -1.05. The van der Waals surface area contributed by atoms with Gasteiger partial charge in [0.2, 0.25) is 0 Å². The Morgan fingerprint density at radius 2 is 1.82 bits per heavy atom. The van der Waals surface area contributed by atoms with E-state index in [0.29, 0.717) is 0 Å². The molecule has 0 aliphatic heterocycles. The zero-order valence-electron chi connectivity index (χ0n) is 14.8. The maximum atomic E-state index is 10.9. The van der Waals surface area contributed by atoms with Gasteiger partial charge in [0.05, 0.1) is 0 Å². The summed E-state index contributed by atoms with van der Waals surface area (Å²) < 4.78 is 5.17. The van der Waals surface area contributed by atoms with Crippen molar-refractivity contribution in [3.05, 3.63) is 24.5 Å². The lowest BCUT2D eigenvalue weighted by Crippen LogP contribution is -2.15. The summed E-state index contributed by atoms with van der Waals surface area (Å²) in [5.74, 6) is 3.48. The molecule has 0 bridgehead atoms. The van der Waals surface area contributed by atoms with Gasteiger partial charge in [0.1, 0.15) is 5.76 Å². The highest BCUT2D eigenvalue weighted by molar-refractivity contribution is 5.67. The van der Waals surface area contributed by atoms with E-state index in [-0.39, 0.29) is 5.97 Å². The standard InChI is InChI=1S/C17H28O2.C3H6/c1-13-3-5-15(6-4-13)7-8-16-9-11-17(12-10-16)19-14(2)18;1-3-2/h11,13,15-16H,3-10,12H2,1-2H3;3H,1H2,2H3. The fourth-order valence-electron chi connectivity index (χ4n) is 3.49. The molecule has 0 aromatic heterocycles. The normalized spacial score (nSPS) is 28.0. The van der Waals surface area contributed by atoms with E-state index in [1.165, 1.54) is 51.9 Å². The Labute approximate surface area is 137 Å². The molecule has 0 aromatic rings. The molecule has 1 unspecified atom stereocenters. The second kappa shape index (κ2) is 10.6. The van der Waals surface area contributed by atoms with Gasteiger partial charge in [-0.2, -0.15) is 0 Å². The van der Waals surface area contributed by atoms with E-state index in [9.17, 15) is 4.79 Å². The number of hydrogen-bond acceptors (Lipinski definition) is 2. The molecule has 126 valence electrons. The third kappa shape index (κ3) is 7.82. The van der Waals surface area contributed by atoms with Crippen LogP contribution < -0.4 is 0 Å². The van der Waals surface area contributed by atoms with Crippen LogP contribution >= 0.6 is 0 Å². The van der Waals surface area contributed by atoms with Crippen molar-refractivity contribution < 1.29 is 9.53 Å². The second-order valence-electron chi connectivity index (χ2n) is 7.02. The molecule has 0 saturated heterocycles. The minimum Gasteiger partial charge on any atom is -0.432 e. The number of carbonyl (C=O) groups is 1. The molecule has 0 heterocycles. The van der Waals surface area contributed by atoms with Crippen LogP contribution in [0.5, 0.6) is 0 Å². The van der Waals surface area contributed by atoms with E-state index in [2.05, 4.69) is 19.6 Å². The number of allylic oxidation sites excluding steroid dienone is 3. The highest BCUT2D eigenvalue weighted by Crippen LogP contribution is 2.34. The smallest absolute Gasteiger partial charge is 0.307 e. The number of carbonyl (C=O) groups excluding carboxylic acids is 1. The van der Waals surface area contributed by atoms with Crippen molar-refractivity contribution >= 4 is 5.97 Å². The van der Waals surface area contributed by atoms with Gasteiger partial charge >= 0.3 is 5.97 Å². The van der Waals surface area contributed by atoms with Crippen molar-refractivity contribution in [3.8, 4) is 0 Å². The number of ether oxygens (including phenoxy) is 1. The Morgan fingerprint density at radius 3 is 2.32 bits per heavy atom. The van der Waals surface area contributed by atoms with Gasteiger partial charge in [0.15, 0.2) is 0 Å². The molecule has 2 nitrogen and oxygen atoms in total. The highest BCUT2D eigenvalue weighted by Gasteiger charge is 2.21. The highest BCUT2D eigenvalue weighted by atomic mass is 16.5. The van der Waals surface area contributed by atoms with Crippen molar-refractivity contribution in [2.24, 2.45) is 17.8 Å². The maximum absolute atomic E-state index is 10.9. The molecular formula is C20H34O2. The van der Waals surface area contributed by atoms with E-state index in [4.69, 9.17) is 4.74 Å². The fourth-order valence-corrected chi connectivity index (χ4v) is 3.49. The lowest BCUT2D eigenvalue weighted by molar-refractivity contribution is -0.137. The first-order chi connectivity index (χ1) is 10.5. The first-order valence-corrected chi connectivity index (χ1v) is 8.99. The van der Waals surface area contributed by atoms with Crippen molar-refractivity contribution in [2.75, 3.05) is 0 Å². The van der Waals surface area contributed by atoms with Crippen LogP contribution in [0.2, 0.25) is 0 Å². The molecule has 2 rings (SSSR count). The summed E-state index contributed by atoms with van der Waals surface area (Å²) in [5, 5.41) is 0. The average Bonchev–Trinajstić information content (AvgIpc) is 2.48. The Morgan fingerprint density at radius 1 is 1.23 bits per heavy atom. The molecule has 1 atom stereocenters. The summed E-state index contributed by atoms with van der Waals surface area (Å²) >= 11 is 0. The zero-order chi connectivity index (χ0) is 16.4. The van der Waals surface area contributed by atoms with Crippen molar-refractivity contribution in [3.63, 3.8) is 0 Å². The summed E-state index contributed by atoms with van der Waals surface area (Å²) in [7, 11) is 0. The number of esters is 1. The Balaban J connectivity index is 0.000000745. The summed E-state index contributed by atoms with van der Waals surface area (Å²) in [6.45, 7) is 9.12. The summed E-state index contributed by atoms with van der Waals surface area (Å²) in [6, 6.07) is 0. The largest absolute Gasteiger partial charge is 0.432 e. The maximum Gasteiger partial charge on any atom is 0.307 e. The van der Waals surface area contributed by atoms with Crippen LogP contribution in [0.4, 0.5) is 0 Å². The molecule has 0 spiro atoms. The zero-order valence-corrected chi connectivity index (χ0v) is 14.8. The van der Waals surface area contributed by atoms with Gasteiger partial charge in [-0.1, -0.05) is 45.1 Å². The van der Waals surface area contributed by atoms with E-state index >= 15 is 0 Å². The molecule has 2 aliphatic rings. The molecular weight excluding hydrogens is 272 g/mol. The van der Waals surface area contributed by atoms with E-state index in [1.54, 1.807) is 6.08 Å². The SMILES string of the molecule is C=CC.CC(=O)OC1=CCC(CCC2CCC(C)CC2)CC1. The summed E-state index contributed by atoms with van der Waals surface area (Å²) in [5.41, 5.74) is 0. The third-order valence-corrected chi connectivity index (χ3v) is 4.87. The fraction of sp³-hybridized carbons (Fsp3) is 0.750.